The van der Waals surface area contributed by atoms with Crippen LogP contribution in [0.4, 0.5) is 0 Å². The highest BCUT2D eigenvalue weighted by Crippen LogP contribution is 2.33. The molecule has 0 fully saturated rings. The van der Waals surface area contributed by atoms with Crippen LogP contribution in [0.5, 0.6) is 0 Å². The fourth-order valence-electron chi connectivity index (χ4n) is 1.01. The first-order valence-corrected chi connectivity index (χ1v) is 4.77. The third-order valence-corrected chi connectivity index (χ3v) is 2.59. The molecule has 0 aliphatic carbocycles. The molecule has 0 spiro atoms. The second-order valence-electron chi connectivity index (χ2n) is 4.39. The highest BCUT2D eigenvalue weighted by atomic mass is 35.5. The maximum atomic E-state index is 5.84. The molecule has 0 N–H and O–H groups in total. The number of halogens is 1. The molecule has 0 saturated carbocycles. The Hall–Kier alpha value is -0.630. The molecule has 1 aromatic heterocycles. The summed E-state index contributed by atoms with van der Waals surface area (Å²) in [6.45, 7) is 8.68. The van der Waals surface area contributed by atoms with Gasteiger partial charge in [0, 0.05) is 5.92 Å². The maximum Gasteiger partial charge on any atom is 0.0682 e. The average molecular weight is 199 g/mol. The third-order valence-electron chi connectivity index (χ3n) is 2.38. The molecule has 1 atom stereocenters. The van der Waals surface area contributed by atoms with E-state index in [2.05, 4.69) is 37.9 Å². The summed E-state index contributed by atoms with van der Waals surface area (Å²) in [6.07, 6.45) is 1.56. The van der Waals surface area contributed by atoms with E-state index in [1.165, 1.54) is 0 Å². The van der Waals surface area contributed by atoms with E-state index in [4.69, 9.17) is 11.6 Å². The zero-order chi connectivity index (χ0) is 10.1. The van der Waals surface area contributed by atoms with Crippen molar-refractivity contribution in [2.75, 3.05) is 0 Å². The van der Waals surface area contributed by atoms with Crippen LogP contribution in [0, 0.1) is 5.41 Å². The summed E-state index contributed by atoms with van der Waals surface area (Å²) in [5.74, 6) is 0.360. The van der Waals surface area contributed by atoms with Crippen LogP contribution in [0.3, 0.4) is 0 Å². The van der Waals surface area contributed by atoms with Gasteiger partial charge >= 0.3 is 0 Å². The Morgan fingerprint density at radius 1 is 1.38 bits per heavy atom. The van der Waals surface area contributed by atoms with Crippen LogP contribution in [-0.4, -0.2) is 10.2 Å². The molecule has 0 saturated heterocycles. The van der Waals surface area contributed by atoms with Gasteiger partial charge in [-0.2, -0.15) is 10.2 Å². The molecule has 3 heteroatoms. The predicted molar refractivity (Wildman–Crippen MR) is 54.9 cm³/mol. The van der Waals surface area contributed by atoms with Gasteiger partial charge in [-0.05, 0) is 11.5 Å². The smallest absolute Gasteiger partial charge is 0.0682 e. The van der Waals surface area contributed by atoms with Gasteiger partial charge in [0.05, 0.1) is 16.9 Å². The highest BCUT2D eigenvalue weighted by molar-refractivity contribution is 6.30. The van der Waals surface area contributed by atoms with Gasteiger partial charge in [0.15, 0.2) is 0 Å². The van der Waals surface area contributed by atoms with E-state index in [-0.39, 0.29) is 5.41 Å². The standard InChI is InChI=1S/C10H15ClN2/c1-7(10(2,3)4)9-5-8(11)6-12-13-9/h5-7H,1-4H3. The first-order valence-electron chi connectivity index (χ1n) is 4.39. The Kier molecular flexibility index (Phi) is 2.91. The molecular formula is C10H15ClN2. The molecule has 1 unspecified atom stereocenters. The number of hydrogen-bond donors (Lipinski definition) is 0. The minimum atomic E-state index is 0.194. The monoisotopic (exact) mass is 198 g/mol. The molecule has 13 heavy (non-hydrogen) atoms. The van der Waals surface area contributed by atoms with Crippen molar-refractivity contribution < 1.29 is 0 Å². The number of rotatable bonds is 1. The molecule has 0 radical (unpaired) electrons. The van der Waals surface area contributed by atoms with Crippen LogP contribution in [0.15, 0.2) is 12.3 Å². The van der Waals surface area contributed by atoms with Crippen molar-refractivity contribution in [3.05, 3.63) is 23.0 Å². The lowest BCUT2D eigenvalue weighted by Crippen LogP contribution is -2.16. The minimum absolute atomic E-state index is 0.194. The van der Waals surface area contributed by atoms with Gasteiger partial charge in [-0.1, -0.05) is 39.3 Å². The Morgan fingerprint density at radius 3 is 2.46 bits per heavy atom. The van der Waals surface area contributed by atoms with Crippen molar-refractivity contribution in [3.63, 3.8) is 0 Å². The Labute approximate surface area is 84.3 Å². The summed E-state index contributed by atoms with van der Waals surface area (Å²) in [6, 6.07) is 1.88. The van der Waals surface area contributed by atoms with Gasteiger partial charge in [-0.3, -0.25) is 0 Å². The highest BCUT2D eigenvalue weighted by Gasteiger charge is 2.23. The summed E-state index contributed by atoms with van der Waals surface area (Å²) in [4.78, 5) is 0. The largest absolute Gasteiger partial charge is 0.157 e. The molecular weight excluding hydrogens is 184 g/mol. The van der Waals surface area contributed by atoms with E-state index >= 15 is 0 Å². The van der Waals surface area contributed by atoms with E-state index in [1.54, 1.807) is 6.20 Å². The van der Waals surface area contributed by atoms with E-state index < -0.39 is 0 Å². The summed E-state index contributed by atoms with van der Waals surface area (Å²) in [5.41, 5.74) is 1.15. The second-order valence-corrected chi connectivity index (χ2v) is 4.82. The van der Waals surface area contributed by atoms with Gasteiger partial charge in [-0.15, -0.1) is 0 Å². The average Bonchev–Trinajstić information content (AvgIpc) is 2.01. The van der Waals surface area contributed by atoms with Crippen molar-refractivity contribution in [1.82, 2.24) is 10.2 Å². The molecule has 2 nitrogen and oxygen atoms in total. The van der Waals surface area contributed by atoms with Crippen molar-refractivity contribution >= 4 is 11.6 Å². The summed E-state index contributed by atoms with van der Waals surface area (Å²) < 4.78 is 0. The zero-order valence-corrected chi connectivity index (χ0v) is 9.26. The summed E-state index contributed by atoms with van der Waals surface area (Å²) in [5, 5.41) is 8.56. The Morgan fingerprint density at radius 2 is 2.00 bits per heavy atom. The molecule has 0 aliphatic heterocycles. The van der Waals surface area contributed by atoms with E-state index in [1.807, 2.05) is 6.07 Å². The fourth-order valence-corrected chi connectivity index (χ4v) is 1.17. The lowest BCUT2D eigenvalue weighted by molar-refractivity contribution is 0.332. The van der Waals surface area contributed by atoms with Gasteiger partial charge in [0.1, 0.15) is 0 Å². The summed E-state index contributed by atoms with van der Waals surface area (Å²) >= 11 is 5.84. The molecule has 1 heterocycles. The van der Waals surface area contributed by atoms with Gasteiger partial charge in [0.25, 0.3) is 0 Å². The Balaban J connectivity index is 2.96. The third kappa shape index (κ3) is 2.66. The van der Waals surface area contributed by atoms with Crippen molar-refractivity contribution in [2.45, 2.75) is 33.6 Å². The molecule has 72 valence electrons. The molecule has 1 rings (SSSR count). The predicted octanol–water partition coefficient (Wildman–Crippen LogP) is 3.28. The number of aromatic nitrogens is 2. The number of hydrogen-bond acceptors (Lipinski definition) is 2. The van der Waals surface area contributed by atoms with Crippen LogP contribution in [0.1, 0.15) is 39.3 Å². The first-order chi connectivity index (χ1) is 5.91. The van der Waals surface area contributed by atoms with Gasteiger partial charge in [0.2, 0.25) is 0 Å². The van der Waals surface area contributed by atoms with E-state index in [0.29, 0.717) is 10.9 Å². The van der Waals surface area contributed by atoms with Gasteiger partial charge in [-0.25, -0.2) is 0 Å². The van der Waals surface area contributed by atoms with Crippen LogP contribution in [-0.2, 0) is 0 Å². The first kappa shape index (κ1) is 10.5. The second kappa shape index (κ2) is 3.62. The zero-order valence-electron chi connectivity index (χ0n) is 8.50. The quantitative estimate of drug-likeness (QED) is 0.692. The molecule has 0 bridgehead atoms. The van der Waals surface area contributed by atoms with Crippen LogP contribution in [0.25, 0.3) is 0 Å². The topological polar surface area (TPSA) is 25.8 Å². The van der Waals surface area contributed by atoms with Crippen LogP contribution >= 0.6 is 11.6 Å². The van der Waals surface area contributed by atoms with Gasteiger partial charge < -0.3 is 0 Å². The maximum absolute atomic E-state index is 5.84. The van der Waals surface area contributed by atoms with Crippen molar-refractivity contribution in [2.24, 2.45) is 5.41 Å². The normalized spacial score (nSPS) is 14.2. The minimum Gasteiger partial charge on any atom is -0.157 e. The van der Waals surface area contributed by atoms with Crippen molar-refractivity contribution in [1.29, 1.82) is 0 Å². The lowest BCUT2D eigenvalue weighted by atomic mass is 9.80. The molecule has 0 aromatic carbocycles. The molecule has 0 aliphatic rings. The van der Waals surface area contributed by atoms with E-state index in [9.17, 15) is 0 Å². The molecule has 0 amide bonds. The fraction of sp³-hybridized carbons (Fsp3) is 0.600. The molecule has 1 aromatic rings. The van der Waals surface area contributed by atoms with Crippen molar-refractivity contribution in [3.8, 4) is 0 Å². The summed E-state index contributed by atoms with van der Waals surface area (Å²) in [7, 11) is 0. The van der Waals surface area contributed by atoms with E-state index in [0.717, 1.165) is 5.69 Å². The van der Waals surface area contributed by atoms with Crippen LogP contribution < -0.4 is 0 Å². The Bertz CT molecular complexity index is 291. The lowest BCUT2D eigenvalue weighted by Gasteiger charge is -2.26. The number of nitrogens with zero attached hydrogens (tertiary/aromatic N) is 2. The van der Waals surface area contributed by atoms with Crippen LogP contribution in [0.2, 0.25) is 5.02 Å². The SMILES string of the molecule is CC(c1cc(Cl)cnn1)C(C)(C)C.